The number of aromatic nitrogens is 2. The van der Waals surface area contributed by atoms with Crippen LogP contribution < -0.4 is 0 Å². The third kappa shape index (κ3) is 1.04. The molecule has 0 fully saturated rings. The molecule has 0 aliphatic heterocycles. The number of aliphatic hydroxyl groups excluding tert-OH is 1. The van der Waals surface area contributed by atoms with E-state index in [2.05, 4.69) is 9.97 Å². The average Bonchev–Trinajstić information content (AvgIpc) is 2.40. The van der Waals surface area contributed by atoms with Gasteiger partial charge in [0.15, 0.2) is 0 Å². The van der Waals surface area contributed by atoms with Crippen LogP contribution in [0.1, 0.15) is 18.0 Å². The fourth-order valence-electron chi connectivity index (χ4n) is 0.940. The molecule has 0 aliphatic rings. The minimum absolute atomic E-state index is 0.458. The monoisotopic (exact) mass is 168 g/mol. The molecular formula is C7H8N2OS. The molecule has 0 aromatic carbocycles. The van der Waals surface area contributed by atoms with E-state index in [9.17, 15) is 5.11 Å². The summed E-state index contributed by atoms with van der Waals surface area (Å²) in [6, 6.07) is 1.96. The molecule has 4 heteroatoms. The van der Waals surface area contributed by atoms with E-state index in [4.69, 9.17) is 0 Å². The van der Waals surface area contributed by atoms with Crippen LogP contribution >= 0.6 is 11.3 Å². The highest BCUT2D eigenvalue weighted by molar-refractivity contribution is 7.18. The van der Waals surface area contributed by atoms with Crippen LogP contribution in [0.2, 0.25) is 0 Å². The maximum Gasteiger partial charge on any atom is 0.148 e. The van der Waals surface area contributed by atoms with E-state index >= 15 is 0 Å². The van der Waals surface area contributed by atoms with Crippen LogP contribution in [-0.4, -0.2) is 15.1 Å². The van der Waals surface area contributed by atoms with Crippen LogP contribution in [-0.2, 0) is 0 Å². The molecule has 0 saturated carbocycles. The SMILES string of the molecule is CC(O)c1nc2[nH]ccc2s1. The van der Waals surface area contributed by atoms with Crippen LogP contribution in [0.15, 0.2) is 12.3 Å². The molecule has 0 saturated heterocycles. The first kappa shape index (κ1) is 6.82. The zero-order valence-electron chi connectivity index (χ0n) is 6.03. The van der Waals surface area contributed by atoms with Crippen molar-refractivity contribution in [1.82, 2.24) is 9.97 Å². The van der Waals surface area contributed by atoms with E-state index in [-0.39, 0.29) is 0 Å². The van der Waals surface area contributed by atoms with Gasteiger partial charge in [-0.05, 0) is 13.0 Å². The van der Waals surface area contributed by atoms with Crippen molar-refractivity contribution in [3.05, 3.63) is 17.3 Å². The number of nitrogens with zero attached hydrogens (tertiary/aromatic N) is 1. The first-order valence-corrected chi connectivity index (χ1v) is 4.21. The summed E-state index contributed by atoms with van der Waals surface area (Å²) in [6.45, 7) is 1.72. The van der Waals surface area contributed by atoms with E-state index in [0.29, 0.717) is 0 Å². The number of nitrogens with one attached hydrogen (secondary N) is 1. The molecule has 2 rings (SSSR count). The number of fused-ring (bicyclic) bond motifs is 1. The lowest BCUT2D eigenvalue weighted by Gasteiger charge is -1.94. The van der Waals surface area contributed by atoms with E-state index in [1.54, 1.807) is 6.92 Å². The van der Waals surface area contributed by atoms with Crippen LogP contribution in [0.4, 0.5) is 0 Å². The Hall–Kier alpha value is -0.870. The fourth-order valence-corrected chi connectivity index (χ4v) is 1.81. The van der Waals surface area contributed by atoms with Crippen molar-refractivity contribution in [2.24, 2.45) is 0 Å². The standard InChI is InChI=1S/C7H8N2OS/c1-4(10)7-9-6-5(11-7)2-3-8-6/h2-4,8,10H,1H3. The maximum absolute atomic E-state index is 9.18. The van der Waals surface area contributed by atoms with Crippen molar-refractivity contribution in [2.45, 2.75) is 13.0 Å². The summed E-state index contributed by atoms with van der Waals surface area (Å²) in [5.74, 6) is 0. The topological polar surface area (TPSA) is 48.9 Å². The van der Waals surface area contributed by atoms with Gasteiger partial charge in [0.2, 0.25) is 0 Å². The highest BCUT2D eigenvalue weighted by Crippen LogP contribution is 2.24. The molecule has 11 heavy (non-hydrogen) atoms. The van der Waals surface area contributed by atoms with Crippen LogP contribution in [0, 0.1) is 0 Å². The predicted molar refractivity (Wildman–Crippen MR) is 44.6 cm³/mol. The highest BCUT2D eigenvalue weighted by Gasteiger charge is 2.07. The van der Waals surface area contributed by atoms with E-state index in [1.165, 1.54) is 11.3 Å². The molecule has 1 unspecified atom stereocenters. The number of hydrogen-bond acceptors (Lipinski definition) is 3. The second-order valence-corrected chi connectivity index (χ2v) is 3.48. The first-order valence-electron chi connectivity index (χ1n) is 3.39. The summed E-state index contributed by atoms with van der Waals surface area (Å²) in [6.07, 6.45) is 1.39. The average molecular weight is 168 g/mol. The molecule has 2 N–H and O–H groups in total. The summed E-state index contributed by atoms with van der Waals surface area (Å²) in [7, 11) is 0. The Bertz CT molecular complexity index is 335. The largest absolute Gasteiger partial charge is 0.386 e. The Labute approximate surface area is 67.7 Å². The Morgan fingerprint density at radius 3 is 3.18 bits per heavy atom. The molecule has 2 heterocycles. The molecular weight excluding hydrogens is 160 g/mol. The van der Waals surface area contributed by atoms with Crippen LogP contribution in [0.25, 0.3) is 10.3 Å². The summed E-state index contributed by atoms with van der Waals surface area (Å²) in [4.78, 5) is 7.17. The summed E-state index contributed by atoms with van der Waals surface area (Å²) in [5, 5.41) is 9.95. The van der Waals surface area contributed by atoms with Gasteiger partial charge in [0.05, 0.1) is 4.70 Å². The van der Waals surface area contributed by atoms with Crippen molar-refractivity contribution in [2.75, 3.05) is 0 Å². The van der Waals surface area contributed by atoms with Crippen molar-refractivity contribution in [1.29, 1.82) is 0 Å². The Balaban J connectivity index is 2.58. The molecule has 0 bridgehead atoms. The second kappa shape index (κ2) is 2.32. The molecule has 3 nitrogen and oxygen atoms in total. The van der Waals surface area contributed by atoms with E-state index < -0.39 is 6.10 Å². The lowest BCUT2D eigenvalue weighted by atomic mass is 10.4. The molecule has 1 atom stereocenters. The third-order valence-electron chi connectivity index (χ3n) is 1.48. The Morgan fingerprint density at radius 1 is 1.73 bits per heavy atom. The van der Waals surface area contributed by atoms with Gasteiger partial charge in [0.25, 0.3) is 0 Å². The number of aliphatic hydroxyl groups is 1. The van der Waals surface area contributed by atoms with Gasteiger partial charge in [0.1, 0.15) is 16.8 Å². The van der Waals surface area contributed by atoms with Crippen LogP contribution in [0.3, 0.4) is 0 Å². The maximum atomic E-state index is 9.18. The quantitative estimate of drug-likeness (QED) is 0.680. The second-order valence-electron chi connectivity index (χ2n) is 2.42. The van der Waals surface area contributed by atoms with Gasteiger partial charge in [-0.15, -0.1) is 11.3 Å². The normalized spacial score (nSPS) is 14.0. The summed E-state index contributed by atoms with van der Waals surface area (Å²) >= 11 is 1.52. The number of aromatic amines is 1. The van der Waals surface area contributed by atoms with Gasteiger partial charge in [-0.2, -0.15) is 0 Å². The summed E-state index contributed by atoms with van der Waals surface area (Å²) in [5.41, 5.74) is 0.867. The smallest absolute Gasteiger partial charge is 0.148 e. The highest BCUT2D eigenvalue weighted by atomic mass is 32.1. The first-order chi connectivity index (χ1) is 5.27. The van der Waals surface area contributed by atoms with E-state index in [0.717, 1.165) is 15.4 Å². The zero-order chi connectivity index (χ0) is 7.84. The third-order valence-corrected chi connectivity index (χ3v) is 2.67. The fraction of sp³-hybridized carbons (Fsp3) is 0.286. The lowest BCUT2D eigenvalue weighted by Crippen LogP contribution is -1.87. The van der Waals surface area contributed by atoms with Gasteiger partial charge in [-0.25, -0.2) is 4.98 Å². The number of rotatable bonds is 1. The molecule has 58 valence electrons. The van der Waals surface area contributed by atoms with Gasteiger partial charge in [0, 0.05) is 6.20 Å². The van der Waals surface area contributed by atoms with Crippen LogP contribution in [0.5, 0.6) is 0 Å². The Kier molecular flexibility index (Phi) is 1.44. The van der Waals surface area contributed by atoms with Gasteiger partial charge < -0.3 is 10.1 Å². The van der Waals surface area contributed by atoms with Crippen molar-refractivity contribution >= 4 is 21.7 Å². The van der Waals surface area contributed by atoms with Crippen molar-refractivity contribution in [3.63, 3.8) is 0 Å². The zero-order valence-corrected chi connectivity index (χ0v) is 6.85. The molecule has 0 amide bonds. The minimum atomic E-state index is -0.458. The minimum Gasteiger partial charge on any atom is -0.386 e. The van der Waals surface area contributed by atoms with E-state index in [1.807, 2.05) is 12.3 Å². The number of H-pyrrole nitrogens is 1. The molecule has 0 spiro atoms. The predicted octanol–water partition coefficient (Wildman–Crippen LogP) is 1.68. The number of thiazole rings is 1. The summed E-state index contributed by atoms with van der Waals surface area (Å²) < 4.78 is 1.10. The van der Waals surface area contributed by atoms with Crippen molar-refractivity contribution in [3.8, 4) is 0 Å². The molecule has 2 aromatic rings. The molecule has 0 radical (unpaired) electrons. The van der Waals surface area contributed by atoms with Gasteiger partial charge >= 0.3 is 0 Å². The molecule has 2 aromatic heterocycles. The Morgan fingerprint density at radius 2 is 2.55 bits per heavy atom. The number of hydrogen-bond donors (Lipinski definition) is 2. The van der Waals surface area contributed by atoms with Gasteiger partial charge in [-0.3, -0.25) is 0 Å². The molecule has 0 aliphatic carbocycles. The van der Waals surface area contributed by atoms with Crippen molar-refractivity contribution < 1.29 is 5.11 Å². The van der Waals surface area contributed by atoms with Gasteiger partial charge in [-0.1, -0.05) is 0 Å². The lowest BCUT2D eigenvalue weighted by molar-refractivity contribution is 0.199.